The minimum Gasteiger partial charge on any atom is -0.256 e. The SMILES string of the molecule is Cc1ccc(C=Nc2ccc(C)c(Cl)c2)cc1. The lowest BCUT2D eigenvalue weighted by Gasteiger charge is -1.99. The highest BCUT2D eigenvalue weighted by atomic mass is 35.5. The zero-order chi connectivity index (χ0) is 12.3. The Hall–Kier alpha value is -1.60. The van der Waals surface area contributed by atoms with Gasteiger partial charge >= 0.3 is 0 Å². The van der Waals surface area contributed by atoms with Gasteiger partial charge in [0.2, 0.25) is 0 Å². The van der Waals surface area contributed by atoms with E-state index < -0.39 is 0 Å². The summed E-state index contributed by atoms with van der Waals surface area (Å²) in [5, 5.41) is 0.753. The van der Waals surface area contributed by atoms with Gasteiger partial charge < -0.3 is 0 Å². The predicted octanol–water partition coefficient (Wildman–Crippen LogP) is 4.71. The molecule has 0 aliphatic heterocycles. The third kappa shape index (κ3) is 3.18. The number of aryl methyl sites for hydroxylation is 2. The molecule has 86 valence electrons. The van der Waals surface area contributed by atoms with Crippen molar-refractivity contribution in [3.05, 3.63) is 64.2 Å². The summed E-state index contributed by atoms with van der Waals surface area (Å²) in [6, 6.07) is 14.1. The van der Waals surface area contributed by atoms with Crippen molar-refractivity contribution in [3.8, 4) is 0 Å². The number of rotatable bonds is 2. The van der Waals surface area contributed by atoms with Crippen LogP contribution in [0.2, 0.25) is 5.02 Å². The molecule has 0 fully saturated rings. The fraction of sp³-hybridized carbons (Fsp3) is 0.133. The molecule has 0 radical (unpaired) electrons. The van der Waals surface area contributed by atoms with Crippen LogP contribution in [0.15, 0.2) is 47.5 Å². The van der Waals surface area contributed by atoms with E-state index in [2.05, 4.69) is 36.2 Å². The van der Waals surface area contributed by atoms with Crippen LogP contribution in [0, 0.1) is 13.8 Å². The van der Waals surface area contributed by atoms with E-state index in [4.69, 9.17) is 11.6 Å². The van der Waals surface area contributed by atoms with Gasteiger partial charge in [-0.25, -0.2) is 0 Å². The molecule has 0 amide bonds. The Labute approximate surface area is 107 Å². The lowest BCUT2D eigenvalue weighted by Crippen LogP contribution is -1.81. The highest BCUT2D eigenvalue weighted by molar-refractivity contribution is 6.31. The molecule has 2 rings (SSSR count). The molecule has 2 heteroatoms. The molecule has 0 spiro atoms. The molecular formula is C15H14ClN. The molecule has 17 heavy (non-hydrogen) atoms. The molecule has 0 N–H and O–H groups in total. The second-order valence-electron chi connectivity index (χ2n) is 4.10. The lowest BCUT2D eigenvalue weighted by atomic mass is 10.2. The quantitative estimate of drug-likeness (QED) is 0.678. The molecule has 0 aliphatic rings. The van der Waals surface area contributed by atoms with E-state index in [9.17, 15) is 0 Å². The Morgan fingerprint density at radius 3 is 2.35 bits per heavy atom. The maximum absolute atomic E-state index is 6.04. The summed E-state index contributed by atoms with van der Waals surface area (Å²) < 4.78 is 0. The maximum Gasteiger partial charge on any atom is 0.0644 e. The average molecular weight is 244 g/mol. The number of benzene rings is 2. The van der Waals surface area contributed by atoms with Gasteiger partial charge in [-0.2, -0.15) is 0 Å². The normalized spacial score (nSPS) is 11.0. The van der Waals surface area contributed by atoms with E-state index in [1.165, 1.54) is 5.56 Å². The van der Waals surface area contributed by atoms with Crippen molar-refractivity contribution in [1.29, 1.82) is 0 Å². The summed E-state index contributed by atoms with van der Waals surface area (Å²) in [5.41, 5.74) is 4.29. The predicted molar refractivity (Wildman–Crippen MR) is 74.6 cm³/mol. The van der Waals surface area contributed by atoms with Gasteiger partial charge in [0.15, 0.2) is 0 Å². The van der Waals surface area contributed by atoms with Crippen LogP contribution in [0.3, 0.4) is 0 Å². The minimum absolute atomic E-state index is 0.753. The van der Waals surface area contributed by atoms with Crippen LogP contribution in [0.4, 0.5) is 5.69 Å². The fourth-order valence-corrected chi connectivity index (χ4v) is 1.64. The maximum atomic E-state index is 6.04. The first-order chi connectivity index (χ1) is 8.15. The van der Waals surface area contributed by atoms with Gasteiger partial charge in [0.25, 0.3) is 0 Å². The van der Waals surface area contributed by atoms with Gasteiger partial charge in [0.05, 0.1) is 5.69 Å². The molecule has 0 unspecified atom stereocenters. The van der Waals surface area contributed by atoms with Crippen LogP contribution in [-0.4, -0.2) is 6.21 Å². The fourth-order valence-electron chi connectivity index (χ4n) is 1.46. The van der Waals surface area contributed by atoms with Crippen molar-refractivity contribution in [1.82, 2.24) is 0 Å². The molecule has 0 atom stereocenters. The number of aliphatic imine (C=N–C) groups is 1. The Kier molecular flexibility index (Phi) is 3.60. The van der Waals surface area contributed by atoms with Crippen molar-refractivity contribution in [3.63, 3.8) is 0 Å². The monoisotopic (exact) mass is 243 g/mol. The summed E-state index contributed by atoms with van der Waals surface area (Å²) in [5.74, 6) is 0. The first-order valence-corrected chi connectivity index (χ1v) is 5.90. The van der Waals surface area contributed by atoms with E-state index in [0.29, 0.717) is 0 Å². The first-order valence-electron chi connectivity index (χ1n) is 5.52. The minimum atomic E-state index is 0.753. The van der Waals surface area contributed by atoms with Crippen molar-refractivity contribution in [2.75, 3.05) is 0 Å². The molecule has 1 nitrogen and oxygen atoms in total. The molecule has 0 aromatic heterocycles. The zero-order valence-corrected chi connectivity index (χ0v) is 10.7. The number of hydrogen-bond acceptors (Lipinski definition) is 1. The Morgan fingerprint density at radius 1 is 1.00 bits per heavy atom. The largest absolute Gasteiger partial charge is 0.256 e. The molecule has 0 bridgehead atoms. The van der Waals surface area contributed by atoms with Crippen molar-refractivity contribution in [2.24, 2.45) is 4.99 Å². The van der Waals surface area contributed by atoms with Gasteiger partial charge in [-0.15, -0.1) is 0 Å². The van der Waals surface area contributed by atoms with E-state index in [-0.39, 0.29) is 0 Å². The smallest absolute Gasteiger partial charge is 0.0644 e. The van der Waals surface area contributed by atoms with Crippen LogP contribution in [0.25, 0.3) is 0 Å². The number of hydrogen-bond donors (Lipinski definition) is 0. The summed E-state index contributed by atoms with van der Waals surface area (Å²) in [4.78, 5) is 4.40. The van der Waals surface area contributed by atoms with Crippen molar-refractivity contribution >= 4 is 23.5 Å². The van der Waals surface area contributed by atoms with E-state index in [1.54, 1.807) is 0 Å². The first kappa shape index (κ1) is 11.9. The average Bonchev–Trinajstić information content (AvgIpc) is 2.33. The van der Waals surface area contributed by atoms with Crippen molar-refractivity contribution < 1.29 is 0 Å². The van der Waals surface area contributed by atoms with Crippen LogP contribution < -0.4 is 0 Å². The Balaban J connectivity index is 2.20. The topological polar surface area (TPSA) is 12.4 Å². The molecule has 2 aromatic carbocycles. The third-order valence-corrected chi connectivity index (χ3v) is 3.00. The van der Waals surface area contributed by atoms with Gasteiger partial charge in [0, 0.05) is 11.2 Å². The molecule has 2 aromatic rings. The molecule has 0 saturated carbocycles. The third-order valence-electron chi connectivity index (χ3n) is 2.60. The van der Waals surface area contributed by atoms with E-state index in [1.807, 2.05) is 31.3 Å². The van der Waals surface area contributed by atoms with Crippen LogP contribution in [-0.2, 0) is 0 Å². The molecule has 0 aliphatic carbocycles. The van der Waals surface area contributed by atoms with Crippen LogP contribution in [0.5, 0.6) is 0 Å². The highest BCUT2D eigenvalue weighted by Crippen LogP contribution is 2.21. The summed E-state index contributed by atoms with van der Waals surface area (Å²) in [6.07, 6.45) is 1.85. The van der Waals surface area contributed by atoms with Gasteiger partial charge in [-0.3, -0.25) is 4.99 Å². The molecule has 0 heterocycles. The number of nitrogens with zero attached hydrogens (tertiary/aromatic N) is 1. The van der Waals surface area contributed by atoms with Gasteiger partial charge in [-0.05, 0) is 37.1 Å². The van der Waals surface area contributed by atoms with E-state index >= 15 is 0 Å². The highest BCUT2D eigenvalue weighted by Gasteiger charge is 1.95. The summed E-state index contributed by atoms with van der Waals surface area (Å²) >= 11 is 6.04. The van der Waals surface area contributed by atoms with Gasteiger partial charge in [0.1, 0.15) is 0 Å². The Bertz CT molecular complexity index is 541. The molecular weight excluding hydrogens is 230 g/mol. The summed E-state index contributed by atoms with van der Waals surface area (Å²) in [7, 11) is 0. The van der Waals surface area contributed by atoms with Gasteiger partial charge in [-0.1, -0.05) is 47.5 Å². The summed E-state index contributed by atoms with van der Waals surface area (Å²) in [6.45, 7) is 4.05. The van der Waals surface area contributed by atoms with E-state index in [0.717, 1.165) is 21.8 Å². The Morgan fingerprint density at radius 2 is 1.71 bits per heavy atom. The zero-order valence-electron chi connectivity index (χ0n) is 9.94. The van der Waals surface area contributed by atoms with Crippen LogP contribution >= 0.6 is 11.6 Å². The standard InChI is InChI=1S/C15H14ClN/c1-11-3-6-13(7-4-11)10-17-14-8-5-12(2)15(16)9-14/h3-10H,1-2H3. The second kappa shape index (κ2) is 5.15. The molecule has 0 saturated heterocycles. The number of halogens is 1. The van der Waals surface area contributed by atoms with Crippen molar-refractivity contribution in [2.45, 2.75) is 13.8 Å². The van der Waals surface area contributed by atoms with Crippen LogP contribution in [0.1, 0.15) is 16.7 Å². The second-order valence-corrected chi connectivity index (χ2v) is 4.51. The lowest BCUT2D eigenvalue weighted by molar-refractivity contribution is 1.43.